The highest BCUT2D eigenvalue weighted by atomic mass is 16.5. The first-order valence-electron chi connectivity index (χ1n) is 6.75. The summed E-state index contributed by atoms with van der Waals surface area (Å²) in [7, 11) is 0. The molecule has 1 saturated carbocycles. The third kappa shape index (κ3) is 2.20. The van der Waals surface area contributed by atoms with Crippen LogP contribution >= 0.6 is 0 Å². The van der Waals surface area contributed by atoms with Gasteiger partial charge in [0.1, 0.15) is 17.0 Å². The average Bonchev–Trinajstić information content (AvgIpc) is 2.85. The van der Waals surface area contributed by atoms with Gasteiger partial charge in [-0.25, -0.2) is 0 Å². The monoisotopic (exact) mass is 271 g/mol. The number of nitrogens with zero attached hydrogens (tertiary/aromatic N) is 1. The number of carbonyl (C=O) groups is 1. The molecule has 0 radical (unpaired) electrons. The minimum Gasteiger partial charge on any atom is -0.360 e. The molecular weight excluding hydrogens is 254 g/mol. The second-order valence-electron chi connectivity index (χ2n) is 5.15. The summed E-state index contributed by atoms with van der Waals surface area (Å²) in [6.07, 6.45) is 1.89. The fourth-order valence-corrected chi connectivity index (χ4v) is 2.38. The van der Waals surface area contributed by atoms with E-state index in [4.69, 9.17) is 10.3 Å². The van der Waals surface area contributed by atoms with Crippen LogP contribution in [0.3, 0.4) is 0 Å². The van der Waals surface area contributed by atoms with Crippen LogP contribution in [0.5, 0.6) is 0 Å². The maximum Gasteiger partial charge on any atom is 0.257 e. The zero-order valence-electron chi connectivity index (χ0n) is 11.3. The van der Waals surface area contributed by atoms with Crippen LogP contribution in [0, 0.1) is 6.92 Å². The molecule has 1 aliphatic carbocycles. The summed E-state index contributed by atoms with van der Waals surface area (Å²) in [5, 5.41) is 6.97. The van der Waals surface area contributed by atoms with Crippen LogP contribution < -0.4 is 11.1 Å². The van der Waals surface area contributed by atoms with Gasteiger partial charge in [-0.05, 0) is 19.8 Å². The summed E-state index contributed by atoms with van der Waals surface area (Å²) < 4.78 is 5.19. The molecule has 1 aliphatic rings. The second kappa shape index (κ2) is 5.09. The van der Waals surface area contributed by atoms with E-state index >= 15 is 0 Å². The third-order valence-corrected chi connectivity index (χ3v) is 3.78. The number of aryl methyl sites for hydroxylation is 1. The molecule has 2 aromatic rings. The van der Waals surface area contributed by atoms with Gasteiger partial charge in [-0.3, -0.25) is 4.79 Å². The Bertz CT molecular complexity index is 621. The molecule has 3 rings (SSSR count). The smallest absolute Gasteiger partial charge is 0.257 e. The number of amides is 1. The van der Waals surface area contributed by atoms with Gasteiger partial charge in [-0.1, -0.05) is 35.5 Å². The molecule has 0 aliphatic heterocycles. The maximum absolute atomic E-state index is 12.4. The molecule has 5 nitrogen and oxygen atoms in total. The Hall–Kier alpha value is -2.14. The van der Waals surface area contributed by atoms with E-state index in [2.05, 4.69) is 10.5 Å². The Morgan fingerprint density at radius 1 is 1.35 bits per heavy atom. The Balaban J connectivity index is 1.89. The number of nitrogens with two attached hydrogens (primary N) is 1. The molecule has 20 heavy (non-hydrogen) atoms. The van der Waals surface area contributed by atoms with Crippen molar-refractivity contribution in [2.75, 3.05) is 0 Å². The molecule has 2 atom stereocenters. The fraction of sp³-hybridized carbons (Fsp3) is 0.333. The zero-order valence-corrected chi connectivity index (χ0v) is 11.3. The van der Waals surface area contributed by atoms with Crippen LogP contribution in [0.15, 0.2) is 34.9 Å². The van der Waals surface area contributed by atoms with Gasteiger partial charge >= 0.3 is 0 Å². The van der Waals surface area contributed by atoms with Gasteiger partial charge in [0.15, 0.2) is 0 Å². The number of benzene rings is 1. The van der Waals surface area contributed by atoms with Crippen LogP contribution in [0.4, 0.5) is 0 Å². The van der Waals surface area contributed by atoms with Gasteiger partial charge in [-0.15, -0.1) is 0 Å². The molecule has 0 spiro atoms. The van der Waals surface area contributed by atoms with Gasteiger partial charge in [0.25, 0.3) is 5.91 Å². The number of aromatic nitrogens is 1. The van der Waals surface area contributed by atoms with Crippen molar-refractivity contribution in [3.8, 4) is 11.3 Å². The molecule has 3 N–H and O–H groups in total. The third-order valence-electron chi connectivity index (χ3n) is 3.78. The quantitative estimate of drug-likeness (QED) is 0.893. The summed E-state index contributed by atoms with van der Waals surface area (Å²) in [6, 6.07) is 9.65. The van der Waals surface area contributed by atoms with E-state index in [1.165, 1.54) is 0 Å². The largest absolute Gasteiger partial charge is 0.360 e. The van der Waals surface area contributed by atoms with Crippen molar-refractivity contribution in [3.63, 3.8) is 0 Å². The van der Waals surface area contributed by atoms with Crippen molar-refractivity contribution in [3.05, 3.63) is 41.7 Å². The number of rotatable bonds is 3. The van der Waals surface area contributed by atoms with Gasteiger partial charge in [0.2, 0.25) is 0 Å². The lowest BCUT2D eigenvalue weighted by molar-refractivity contribution is 0.0905. The normalized spacial score (nSPS) is 21.3. The minimum absolute atomic E-state index is 0.0549. The van der Waals surface area contributed by atoms with Crippen molar-refractivity contribution >= 4 is 5.91 Å². The van der Waals surface area contributed by atoms with Crippen LogP contribution in [0.1, 0.15) is 29.0 Å². The predicted octanol–water partition coefficient (Wildman–Crippen LogP) is 1.87. The Kier molecular flexibility index (Phi) is 3.28. The van der Waals surface area contributed by atoms with Crippen LogP contribution in [-0.4, -0.2) is 23.1 Å². The van der Waals surface area contributed by atoms with E-state index in [9.17, 15) is 4.79 Å². The Labute approximate surface area is 117 Å². The Morgan fingerprint density at radius 2 is 2.10 bits per heavy atom. The van der Waals surface area contributed by atoms with Gasteiger partial charge in [0.05, 0.1) is 0 Å². The van der Waals surface area contributed by atoms with Crippen molar-refractivity contribution in [2.45, 2.75) is 31.8 Å². The molecule has 1 aromatic carbocycles. The van der Waals surface area contributed by atoms with E-state index in [1.54, 1.807) is 6.92 Å². The highest BCUT2D eigenvalue weighted by Crippen LogP contribution is 2.26. The second-order valence-corrected chi connectivity index (χ2v) is 5.15. The summed E-state index contributed by atoms with van der Waals surface area (Å²) in [6.45, 7) is 1.75. The topological polar surface area (TPSA) is 81.2 Å². The van der Waals surface area contributed by atoms with Crippen LogP contribution in [0.2, 0.25) is 0 Å². The first-order chi connectivity index (χ1) is 9.66. The first-order valence-corrected chi connectivity index (χ1v) is 6.75. The van der Waals surface area contributed by atoms with E-state index in [0.29, 0.717) is 17.0 Å². The van der Waals surface area contributed by atoms with E-state index in [-0.39, 0.29) is 18.0 Å². The molecule has 0 bridgehead atoms. The lowest BCUT2D eigenvalue weighted by Gasteiger charge is -2.34. The standard InChI is InChI=1S/C15H17N3O2/c1-9-13(15(19)17-12-8-7-11(12)16)14(18-20-9)10-5-3-2-4-6-10/h2-6,11-12H,7-8,16H2,1H3,(H,17,19)/t11-,12+/m1/s1. The lowest BCUT2D eigenvalue weighted by Crippen LogP contribution is -2.54. The first kappa shape index (κ1) is 12.9. The molecule has 0 saturated heterocycles. The summed E-state index contributed by atoms with van der Waals surface area (Å²) in [5.74, 6) is 0.358. The van der Waals surface area contributed by atoms with E-state index < -0.39 is 0 Å². The van der Waals surface area contributed by atoms with Gasteiger partial charge in [0, 0.05) is 17.6 Å². The minimum atomic E-state index is -0.164. The van der Waals surface area contributed by atoms with Gasteiger partial charge in [-0.2, -0.15) is 0 Å². The van der Waals surface area contributed by atoms with Crippen molar-refractivity contribution in [1.82, 2.24) is 10.5 Å². The van der Waals surface area contributed by atoms with Crippen LogP contribution in [-0.2, 0) is 0 Å². The zero-order chi connectivity index (χ0) is 14.1. The molecule has 0 unspecified atom stereocenters. The van der Waals surface area contributed by atoms with Gasteiger partial charge < -0.3 is 15.6 Å². The molecule has 1 amide bonds. The summed E-state index contributed by atoms with van der Waals surface area (Å²) in [4.78, 5) is 12.4. The maximum atomic E-state index is 12.4. The van der Waals surface area contributed by atoms with E-state index in [1.807, 2.05) is 30.3 Å². The fourth-order valence-electron chi connectivity index (χ4n) is 2.38. The molecule has 1 heterocycles. The number of nitrogens with one attached hydrogen (secondary N) is 1. The number of hydrogen-bond donors (Lipinski definition) is 2. The van der Waals surface area contributed by atoms with Crippen molar-refractivity contribution in [1.29, 1.82) is 0 Å². The van der Waals surface area contributed by atoms with E-state index in [0.717, 1.165) is 18.4 Å². The molecule has 5 heteroatoms. The molecular formula is C15H17N3O2. The highest BCUT2D eigenvalue weighted by molar-refractivity contribution is 6.01. The number of hydrogen-bond acceptors (Lipinski definition) is 4. The summed E-state index contributed by atoms with van der Waals surface area (Å²) in [5.41, 5.74) is 7.80. The SMILES string of the molecule is Cc1onc(-c2ccccc2)c1C(=O)N[C@H]1CC[C@H]1N. The Morgan fingerprint density at radius 3 is 2.70 bits per heavy atom. The van der Waals surface area contributed by atoms with Crippen molar-refractivity contribution in [2.24, 2.45) is 5.73 Å². The molecule has 104 valence electrons. The molecule has 1 aromatic heterocycles. The van der Waals surface area contributed by atoms with Crippen molar-refractivity contribution < 1.29 is 9.32 Å². The van der Waals surface area contributed by atoms with Crippen LogP contribution in [0.25, 0.3) is 11.3 Å². The number of carbonyl (C=O) groups excluding carboxylic acids is 1. The predicted molar refractivity (Wildman–Crippen MR) is 75.1 cm³/mol. The average molecular weight is 271 g/mol. The lowest BCUT2D eigenvalue weighted by atomic mass is 9.87. The highest BCUT2D eigenvalue weighted by Gasteiger charge is 2.31. The summed E-state index contributed by atoms with van der Waals surface area (Å²) >= 11 is 0. The molecule has 1 fully saturated rings.